The van der Waals surface area contributed by atoms with Crippen LogP contribution in [0, 0.1) is 0 Å². The van der Waals surface area contributed by atoms with Crippen LogP contribution in [0.3, 0.4) is 0 Å². The second-order valence-corrected chi connectivity index (χ2v) is 7.38. The lowest BCUT2D eigenvalue weighted by molar-refractivity contribution is -0.136. The first-order chi connectivity index (χ1) is 16.4. The van der Waals surface area contributed by atoms with Crippen LogP contribution in [0.4, 0.5) is 5.69 Å². The number of rotatable bonds is 7. The minimum atomic E-state index is -0.955. The SMILES string of the molecule is CCOc1ccc(NC(=O)C(=O)N/N=C(\C)c2ccccc2OC(=O)c2ccc(Cl)cc2)cc1. The Hall–Kier alpha value is -4.17. The van der Waals surface area contributed by atoms with E-state index in [4.69, 9.17) is 21.1 Å². The average molecular weight is 480 g/mol. The highest BCUT2D eigenvalue weighted by molar-refractivity contribution is 6.39. The number of carbonyl (C=O) groups is 3. The summed E-state index contributed by atoms with van der Waals surface area (Å²) in [6.07, 6.45) is 0. The molecule has 174 valence electrons. The molecule has 0 atom stereocenters. The first-order valence-electron chi connectivity index (χ1n) is 10.3. The molecule has 0 saturated carbocycles. The van der Waals surface area contributed by atoms with Crippen LogP contribution in [0.1, 0.15) is 29.8 Å². The van der Waals surface area contributed by atoms with E-state index in [2.05, 4.69) is 15.8 Å². The van der Waals surface area contributed by atoms with Crippen molar-refractivity contribution < 1.29 is 23.9 Å². The highest BCUT2D eigenvalue weighted by atomic mass is 35.5. The lowest BCUT2D eigenvalue weighted by Crippen LogP contribution is -2.33. The van der Waals surface area contributed by atoms with Crippen LogP contribution < -0.4 is 20.2 Å². The number of halogens is 1. The van der Waals surface area contributed by atoms with Crippen molar-refractivity contribution in [1.29, 1.82) is 0 Å². The second kappa shape index (κ2) is 11.6. The van der Waals surface area contributed by atoms with Crippen LogP contribution in [0.2, 0.25) is 5.02 Å². The Bertz CT molecular complexity index is 1210. The van der Waals surface area contributed by atoms with Crippen molar-refractivity contribution >= 4 is 40.8 Å². The lowest BCUT2D eigenvalue weighted by Gasteiger charge is -2.10. The number of nitrogens with zero attached hydrogens (tertiary/aromatic N) is 1. The maximum Gasteiger partial charge on any atom is 0.343 e. The number of hydrogen-bond donors (Lipinski definition) is 2. The zero-order valence-corrected chi connectivity index (χ0v) is 19.3. The minimum absolute atomic E-state index is 0.247. The number of ether oxygens (including phenoxy) is 2. The molecule has 0 aliphatic rings. The molecule has 0 aromatic heterocycles. The summed E-state index contributed by atoms with van der Waals surface area (Å²) in [4.78, 5) is 36.8. The monoisotopic (exact) mass is 479 g/mol. The number of esters is 1. The fourth-order valence-corrected chi connectivity index (χ4v) is 2.96. The van der Waals surface area contributed by atoms with E-state index in [-0.39, 0.29) is 5.75 Å². The minimum Gasteiger partial charge on any atom is -0.494 e. The van der Waals surface area contributed by atoms with Crippen molar-refractivity contribution in [1.82, 2.24) is 5.43 Å². The smallest absolute Gasteiger partial charge is 0.343 e. The lowest BCUT2D eigenvalue weighted by atomic mass is 10.1. The van der Waals surface area contributed by atoms with Crippen LogP contribution in [0.15, 0.2) is 77.9 Å². The Morgan fingerprint density at radius 3 is 2.26 bits per heavy atom. The summed E-state index contributed by atoms with van der Waals surface area (Å²) in [5.74, 6) is -1.51. The Kier molecular flexibility index (Phi) is 8.37. The predicted molar refractivity (Wildman–Crippen MR) is 129 cm³/mol. The molecule has 0 heterocycles. The standard InChI is InChI=1S/C25H22ClN3O5/c1-3-33-20-14-12-19(13-15-20)27-23(30)24(31)29-28-16(2)21-6-4-5-7-22(21)34-25(32)17-8-10-18(26)11-9-17/h4-15H,3H2,1-2H3,(H,27,30)(H,29,31)/b28-16+. The number of para-hydroxylation sites is 1. The highest BCUT2D eigenvalue weighted by Gasteiger charge is 2.16. The molecule has 34 heavy (non-hydrogen) atoms. The third kappa shape index (κ3) is 6.66. The fraction of sp³-hybridized carbons (Fsp3) is 0.120. The molecule has 2 amide bonds. The number of anilines is 1. The van der Waals surface area contributed by atoms with Crippen molar-refractivity contribution in [3.05, 3.63) is 88.9 Å². The number of hydrogen-bond acceptors (Lipinski definition) is 6. The maximum atomic E-state index is 12.5. The molecule has 3 rings (SSSR count). The van der Waals surface area contributed by atoms with Gasteiger partial charge in [-0.3, -0.25) is 9.59 Å². The predicted octanol–water partition coefficient (Wildman–Crippen LogP) is 4.44. The third-order valence-electron chi connectivity index (χ3n) is 4.51. The van der Waals surface area contributed by atoms with Gasteiger partial charge in [-0.15, -0.1) is 0 Å². The third-order valence-corrected chi connectivity index (χ3v) is 4.77. The fourth-order valence-electron chi connectivity index (χ4n) is 2.83. The Balaban J connectivity index is 1.64. The van der Waals surface area contributed by atoms with Gasteiger partial charge in [-0.05, 0) is 74.5 Å². The van der Waals surface area contributed by atoms with Gasteiger partial charge in [-0.1, -0.05) is 23.7 Å². The van der Waals surface area contributed by atoms with Gasteiger partial charge < -0.3 is 14.8 Å². The molecule has 0 saturated heterocycles. The number of carbonyl (C=O) groups excluding carboxylic acids is 3. The van der Waals surface area contributed by atoms with E-state index in [1.165, 1.54) is 0 Å². The molecule has 9 heteroatoms. The molecule has 2 N–H and O–H groups in total. The summed E-state index contributed by atoms with van der Waals surface area (Å²) in [5, 5.41) is 6.96. The molecule has 0 spiro atoms. The number of hydrazone groups is 1. The van der Waals surface area contributed by atoms with Crippen molar-refractivity contribution in [2.75, 3.05) is 11.9 Å². The zero-order valence-electron chi connectivity index (χ0n) is 18.5. The van der Waals surface area contributed by atoms with Gasteiger partial charge >= 0.3 is 17.8 Å². The number of nitrogens with one attached hydrogen (secondary N) is 2. The van der Waals surface area contributed by atoms with Crippen molar-refractivity contribution in [2.24, 2.45) is 5.10 Å². The summed E-state index contributed by atoms with van der Waals surface area (Å²) < 4.78 is 10.8. The molecule has 0 radical (unpaired) electrons. The van der Waals surface area contributed by atoms with Gasteiger partial charge in [0.1, 0.15) is 11.5 Å². The van der Waals surface area contributed by atoms with E-state index in [1.54, 1.807) is 79.7 Å². The average Bonchev–Trinajstić information content (AvgIpc) is 2.84. The van der Waals surface area contributed by atoms with Gasteiger partial charge in [0.15, 0.2) is 0 Å². The normalized spacial score (nSPS) is 10.9. The van der Waals surface area contributed by atoms with E-state index in [0.717, 1.165) is 0 Å². The van der Waals surface area contributed by atoms with Crippen LogP contribution in [-0.2, 0) is 9.59 Å². The van der Waals surface area contributed by atoms with Gasteiger partial charge in [0, 0.05) is 16.3 Å². The molecule has 0 bridgehead atoms. The highest BCUT2D eigenvalue weighted by Crippen LogP contribution is 2.21. The van der Waals surface area contributed by atoms with E-state index in [0.29, 0.717) is 39.9 Å². The van der Waals surface area contributed by atoms with Gasteiger partial charge in [0.05, 0.1) is 17.9 Å². The second-order valence-electron chi connectivity index (χ2n) is 6.94. The van der Waals surface area contributed by atoms with Crippen LogP contribution >= 0.6 is 11.6 Å². The number of amides is 2. The molecule has 0 fully saturated rings. The van der Waals surface area contributed by atoms with E-state index in [9.17, 15) is 14.4 Å². The molecular formula is C25H22ClN3O5. The molecule has 8 nitrogen and oxygen atoms in total. The van der Waals surface area contributed by atoms with Gasteiger partial charge in [0.25, 0.3) is 0 Å². The van der Waals surface area contributed by atoms with Gasteiger partial charge in [-0.2, -0.15) is 5.10 Å². The first kappa shape index (κ1) is 24.5. The van der Waals surface area contributed by atoms with Crippen molar-refractivity contribution in [3.8, 4) is 11.5 Å². The Labute approximate surface area is 201 Å². The van der Waals surface area contributed by atoms with Crippen LogP contribution in [0.5, 0.6) is 11.5 Å². The molecule has 0 aliphatic carbocycles. The van der Waals surface area contributed by atoms with E-state index >= 15 is 0 Å². The van der Waals surface area contributed by atoms with Crippen molar-refractivity contribution in [3.63, 3.8) is 0 Å². The van der Waals surface area contributed by atoms with E-state index < -0.39 is 17.8 Å². The summed E-state index contributed by atoms with van der Waals surface area (Å²) >= 11 is 5.85. The topological polar surface area (TPSA) is 106 Å². The molecule has 3 aromatic carbocycles. The van der Waals surface area contributed by atoms with Gasteiger partial charge in [-0.25, -0.2) is 10.2 Å². The largest absolute Gasteiger partial charge is 0.494 e. The van der Waals surface area contributed by atoms with Gasteiger partial charge in [0.2, 0.25) is 0 Å². The summed E-state index contributed by atoms with van der Waals surface area (Å²) in [7, 11) is 0. The first-order valence-corrected chi connectivity index (χ1v) is 10.7. The molecular weight excluding hydrogens is 458 g/mol. The Morgan fingerprint density at radius 2 is 1.59 bits per heavy atom. The summed E-state index contributed by atoms with van der Waals surface area (Å²) in [5.41, 5.74) is 3.77. The van der Waals surface area contributed by atoms with Crippen molar-refractivity contribution in [2.45, 2.75) is 13.8 Å². The number of benzene rings is 3. The van der Waals surface area contributed by atoms with E-state index in [1.807, 2.05) is 6.92 Å². The zero-order chi connectivity index (χ0) is 24.5. The van der Waals surface area contributed by atoms with Crippen LogP contribution in [-0.4, -0.2) is 30.1 Å². The van der Waals surface area contributed by atoms with Crippen LogP contribution in [0.25, 0.3) is 0 Å². The quantitative estimate of drug-likeness (QED) is 0.171. The molecule has 0 aliphatic heterocycles. The summed E-state index contributed by atoms with van der Waals surface area (Å²) in [6, 6.07) is 19.6. The Morgan fingerprint density at radius 1 is 0.912 bits per heavy atom. The maximum absolute atomic E-state index is 12.5. The molecule has 0 unspecified atom stereocenters. The summed E-state index contributed by atoms with van der Waals surface area (Å²) in [6.45, 7) is 4.00. The molecule has 3 aromatic rings.